The molecule has 1 aromatic carbocycles. The van der Waals surface area contributed by atoms with E-state index in [1.54, 1.807) is 11.8 Å². The lowest BCUT2D eigenvalue weighted by Gasteiger charge is -2.35. The molecule has 0 unspecified atom stereocenters. The van der Waals surface area contributed by atoms with Gasteiger partial charge in [-0.2, -0.15) is 0 Å². The number of hydrogen-bond donors (Lipinski definition) is 1. The molecule has 1 aliphatic rings. The number of phenols is 1. The summed E-state index contributed by atoms with van der Waals surface area (Å²) in [6.45, 7) is 19.6. The fourth-order valence-corrected chi connectivity index (χ4v) is 5.34. The minimum absolute atomic E-state index is 0.117. The Morgan fingerprint density at radius 1 is 0.889 bits per heavy atom. The number of piperidine rings is 1. The van der Waals surface area contributed by atoms with Crippen LogP contribution in [0.15, 0.2) is 12.1 Å². The summed E-state index contributed by atoms with van der Waals surface area (Å²) >= 11 is 7.58. The number of benzene rings is 1. The molecular weight excluding hydrogens is 370 g/mol. The van der Waals surface area contributed by atoms with Crippen LogP contribution in [0, 0.1) is 0 Å². The number of thioether (sulfide) groups is 1. The van der Waals surface area contributed by atoms with E-state index in [4.69, 9.17) is 12.2 Å². The van der Waals surface area contributed by atoms with E-state index in [9.17, 15) is 5.11 Å². The average Bonchev–Trinajstić information content (AvgIpc) is 2.53. The zero-order valence-electron chi connectivity index (χ0n) is 18.4. The Morgan fingerprint density at radius 2 is 1.33 bits per heavy atom. The van der Waals surface area contributed by atoms with Crippen LogP contribution in [0.3, 0.4) is 0 Å². The Morgan fingerprint density at radius 3 is 1.74 bits per heavy atom. The Labute approximate surface area is 176 Å². The molecule has 0 bridgehead atoms. The lowest BCUT2D eigenvalue weighted by Crippen LogP contribution is -2.34. The van der Waals surface area contributed by atoms with Crippen molar-refractivity contribution in [1.82, 2.24) is 4.90 Å². The van der Waals surface area contributed by atoms with Gasteiger partial charge in [-0.15, -0.1) is 0 Å². The monoisotopic (exact) mass is 407 g/mol. The Bertz CT molecular complexity index is 654. The van der Waals surface area contributed by atoms with Gasteiger partial charge in [0.25, 0.3) is 0 Å². The summed E-state index contributed by atoms with van der Waals surface area (Å²) in [5, 5.41) is 11.0. The van der Waals surface area contributed by atoms with Crippen LogP contribution in [0.1, 0.15) is 91.3 Å². The first-order valence-corrected chi connectivity index (χ1v) is 11.3. The highest BCUT2D eigenvalue weighted by Gasteiger charge is 2.32. The molecule has 0 spiro atoms. The predicted molar refractivity (Wildman–Crippen MR) is 124 cm³/mol. The number of thiocarbonyl (C=S) groups is 1. The SMILES string of the molecule is CC(C)(C)c1cc(C(C)(C)SC(=S)N2CCCCC2)cc(C(C)(C)C)c1O. The van der Waals surface area contributed by atoms with E-state index in [1.807, 2.05) is 0 Å². The fourth-order valence-electron chi connectivity index (χ4n) is 3.54. The predicted octanol–water partition coefficient (Wildman–Crippen LogP) is 6.73. The van der Waals surface area contributed by atoms with E-state index in [2.05, 4.69) is 72.4 Å². The normalized spacial score (nSPS) is 16.5. The van der Waals surface area contributed by atoms with Gasteiger partial charge in [-0.1, -0.05) is 77.7 Å². The quantitative estimate of drug-likeness (QED) is 0.549. The van der Waals surface area contributed by atoms with Crippen LogP contribution in [0.4, 0.5) is 0 Å². The van der Waals surface area contributed by atoms with Crippen molar-refractivity contribution in [3.8, 4) is 5.75 Å². The van der Waals surface area contributed by atoms with Crippen LogP contribution in [0.25, 0.3) is 0 Å². The summed E-state index contributed by atoms with van der Waals surface area (Å²) < 4.78 is 0.852. The molecule has 0 aromatic heterocycles. The largest absolute Gasteiger partial charge is 0.507 e. The average molecular weight is 408 g/mol. The maximum atomic E-state index is 11.0. The van der Waals surface area contributed by atoms with E-state index < -0.39 is 0 Å². The molecule has 0 atom stereocenters. The highest BCUT2D eigenvalue weighted by Crippen LogP contribution is 2.45. The van der Waals surface area contributed by atoms with Crippen molar-refractivity contribution in [1.29, 1.82) is 0 Å². The number of aromatic hydroxyl groups is 1. The Balaban J connectivity index is 2.44. The van der Waals surface area contributed by atoms with Gasteiger partial charge in [0.15, 0.2) is 0 Å². The number of hydrogen-bond acceptors (Lipinski definition) is 3. The third kappa shape index (κ3) is 5.41. The van der Waals surface area contributed by atoms with Gasteiger partial charge in [0.05, 0.1) is 0 Å². The first-order chi connectivity index (χ1) is 12.2. The van der Waals surface area contributed by atoms with Crippen LogP contribution in [0.2, 0.25) is 0 Å². The molecule has 27 heavy (non-hydrogen) atoms. The second-order valence-corrected chi connectivity index (χ2v) is 12.6. The van der Waals surface area contributed by atoms with Crippen molar-refractivity contribution in [2.75, 3.05) is 13.1 Å². The fraction of sp³-hybridized carbons (Fsp3) is 0.696. The summed E-state index contributed by atoms with van der Waals surface area (Å²) in [6.07, 6.45) is 3.79. The first-order valence-electron chi connectivity index (χ1n) is 10.1. The molecule has 1 fully saturated rings. The second-order valence-electron chi connectivity index (χ2n) is 10.3. The molecule has 0 amide bonds. The van der Waals surface area contributed by atoms with Crippen molar-refractivity contribution in [2.45, 2.75) is 90.2 Å². The second kappa shape index (κ2) is 7.94. The summed E-state index contributed by atoms with van der Waals surface area (Å²) in [5.41, 5.74) is 3.03. The molecule has 1 N–H and O–H groups in total. The van der Waals surface area contributed by atoms with E-state index >= 15 is 0 Å². The minimum Gasteiger partial charge on any atom is -0.507 e. The van der Waals surface area contributed by atoms with Crippen LogP contribution in [0.5, 0.6) is 5.75 Å². The van der Waals surface area contributed by atoms with Crippen LogP contribution in [-0.4, -0.2) is 27.4 Å². The number of rotatable bonds is 2. The zero-order chi connectivity index (χ0) is 20.6. The van der Waals surface area contributed by atoms with Gasteiger partial charge in [-0.3, -0.25) is 0 Å². The van der Waals surface area contributed by atoms with Crippen LogP contribution < -0.4 is 0 Å². The standard InChI is InChI=1S/C23H37NOS2/c1-21(2,3)17-14-16(15-18(19(17)25)22(4,5)6)23(7,8)27-20(26)24-12-10-9-11-13-24/h14-15,25H,9-13H2,1-8H3. The van der Waals surface area contributed by atoms with Gasteiger partial charge in [0.1, 0.15) is 10.1 Å². The first kappa shape index (κ1) is 22.5. The molecular formula is C23H37NOS2. The third-order valence-corrected chi connectivity index (χ3v) is 7.06. The number of likely N-dealkylation sites (tertiary alicyclic amines) is 1. The van der Waals surface area contributed by atoms with E-state index in [0.717, 1.165) is 28.5 Å². The van der Waals surface area contributed by atoms with Gasteiger partial charge in [0.2, 0.25) is 0 Å². The van der Waals surface area contributed by atoms with Gasteiger partial charge in [-0.25, -0.2) is 0 Å². The zero-order valence-corrected chi connectivity index (χ0v) is 20.0. The van der Waals surface area contributed by atoms with Crippen molar-refractivity contribution >= 4 is 28.3 Å². The van der Waals surface area contributed by atoms with Crippen molar-refractivity contribution in [3.63, 3.8) is 0 Å². The maximum Gasteiger partial charge on any atom is 0.137 e. The van der Waals surface area contributed by atoms with E-state index in [1.165, 1.54) is 24.8 Å². The molecule has 4 heteroatoms. The maximum absolute atomic E-state index is 11.0. The van der Waals surface area contributed by atoms with Gasteiger partial charge < -0.3 is 10.0 Å². The molecule has 0 radical (unpaired) electrons. The minimum atomic E-state index is -0.151. The number of nitrogens with zero attached hydrogens (tertiary/aromatic N) is 1. The lowest BCUT2D eigenvalue weighted by atomic mass is 9.77. The highest BCUT2D eigenvalue weighted by molar-refractivity contribution is 8.23. The Hall–Kier alpha value is -0.740. The van der Waals surface area contributed by atoms with Gasteiger partial charge >= 0.3 is 0 Å². The Kier molecular flexibility index (Phi) is 6.63. The van der Waals surface area contributed by atoms with Crippen LogP contribution in [-0.2, 0) is 15.6 Å². The van der Waals surface area contributed by atoms with Crippen molar-refractivity contribution in [3.05, 3.63) is 28.8 Å². The van der Waals surface area contributed by atoms with Gasteiger partial charge in [0, 0.05) is 17.8 Å². The molecule has 1 aromatic rings. The molecule has 2 rings (SSSR count). The topological polar surface area (TPSA) is 23.5 Å². The van der Waals surface area contributed by atoms with Crippen molar-refractivity contribution in [2.24, 2.45) is 0 Å². The smallest absolute Gasteiger partial charge is 0.137 e. The summed E-state index contributed by atoms with van der Waals surface area (Å²) in [4.78, 5) is 2.36. The molecule has 0 aliphatic carbocycles. The molecule has 1 heterocycles. The molecule has 152 valence electrons. The summed E-state index contributed by atoms with van der Waals surface area (Å²) in [5.74, 6) is 0.443. The van der Waals surface area contributed by atoms with Crippen molar-refractivity contribution < 1.29 is 5.11 Å². The van der Waals surface area contributed by atoms with Crippen LogP contribution >= 0.6 is 24.0 Å². The third-order valence-electron chi connectivity index (χ3n) is 5.38. The summed E-state index contributed by atoms with van der Waals surface area (Å²) in [6, 6.07) is 4.38. The molecule has 0 saturated carbocycles. The molecule has 2 nitrogen and oxygen atoms in total. The van der Waals surface area contributed by atoms with Gasteiger partial charge in [-0.05, 0) is 60.6 Å². The number of phenolic OH excluding ortho intramolecular Hbond substituents is 1. The van der Waals surface area contributed by atoms with E-state index in [0.29, 0.717) is 5.75 Å². The lowest BCUT2D eigenvalue weighted by molar-refractivity contribution is 0.352. The van der Waals surface area contributed by atoms with E-state index in [-0.39, 0.29) is 15.6 Å². The molecule has 1 aliphatic heterocycles. The highest BCUT2D eigenvalue weighted by atomic mass is 32.2. The molecule has 1 saturated heterocycles. The summed E-state index contributed by atoms with van der Waals surface area (Å²) in [7, 11) is 0.